The molecule has 112 valence electrons. The number of rotatable bonds is 7. The molecular weight excluding hydrogens is 284 g/mol. The molecule has 2 aromatic carbocycles. The molecule has 21 heavy (non-hydrogen) atoms. The third-order valence-corrected chi connectivity index (χ3v) is 3.42. The van der Waals surface area contributed by atoms with Gasteiger partial charge in [0.1, 0.15) is 5.75 Å². The molecule has 0 fully saturated rings. The summed E-state index contributed by atoms with van der Waals surface area (Å²) >= 11 is 5.88. The summed E-state index contributed by atoms with van der Waals surface area (Å²) in [4.78, 5) is 0. The molecule has 0 aliphatic carbocycles. The second-order valence-electron chi connectivity index (χ2n) is 4.87. The van der Waals surface area contributed by atoms with Gasteiger partial charge >= 0.3 is 0 Å². The van der Waals surface area contributed by atoms with Crippen LogP contribution in [0.2, 0.25) is 5.02 Å². The molecule has 0 aliphatic heterocycles. The van der Waals surface area contributed by atoms with Crippen LogP contribution in [-0.2, 0) is 6.42 Å². The van der Waals surface area contributed by atoms with Crippen molar-refractivity contribution in [2.75, 3.05) is 24.2 Å². The van der Waals surface area contributed by atoms with E-state index in [9.17, 15) is 0 Å². The lowest BCUT2D eigenvalue weighted by Crippen LogP contribution is -2.08. The van der Waals surface area contributed by atoms with Crippen LogP contribution in [0.1, 0.15) is 18.9 Å². The average Bonchev–Trinajstić information content (AvgIpc) is 2.50. The van der Waals surface area contributed by atoms with Crippen LogP contribution < -0.4 is 15.8 Å². The van der Waals surface area contributed by atoms with E-state index in [1.165, 1.54) is 5.56 Å². The predicted molar refractivity (Wildman–Crippen MR) is 90.3 cm³/mol. The van der Waals surface area contributed by atoms with Crippen molar-refractivity contribution in [2.45, 2.75) is 19.8 Å². The first-order valence-corrected chi connectivity index (χ1v) is 7.58. The maximum atomic E-state index is 6.12. The first kappa shape index (κ1) is 15.5. The second kappa shape index (κ2) is 7.79. The van der Waals surface area contributed by atoms with Gasteiger partial charge in [0.2, 0.25) is 0 Å². The average molecular weight is 305 g/mol. The molecule has 0 aliphatic rings. The SMILES string of the molecule is CCCOc1cccc(NCCc2ccc(Cl)cc2)c1N. The van der Waals surface area contributed by atoms with Crippen molar-refractivity contribution < 1.29 is 4.74 Å². The molecule has 4 heteroatoms. The highest BCUT2D eigenvalue weighted by molar-refractivity contribution is 6.30. The number of hydrogen-bond donors (Lipinski definition) is 2. The number of nitrogens with two attached hydrogens (primary N) is 1. The zero-order valence-corrected chi connectivity index (χ0v) is 13.0. The third kappa shape index (κ3) is 4.57. The van der Waals surface area contributed by atoms with Gasteiger partial charge < -0.3 is 15.8 Å². The molecule has 3 N–H and O–H groups in total. The molecule has 2 rings (SSSR count). The maximum absolute atomic E-state index is 6.12. The summed E-state index contributed by atoms with van der Waals surface area (Å²) in [5, 5.41) is 4.12. The number of hydrogen-bond acceptors (Lipinski definition) is 3. The van der Waals surface area contributed by atoms with Crippen LogP contribution >= 0.6 is 11.6 Å². The Labute approximate surface area is 131 Å². The smallest absolute Gasteiger partial charge is 0.144 e. The molecule has 0 unspecified atom stereocenters. The Hall–Kier alpha value is -1.87. The number of nitrogen functional groups attached to an aromatic ring is 1. The van der Waals surface area contributed by atoms with Crippen molar-refractivity contribution in [3.8, 4) is 5.75 Å². The lowest BCUT2D eigenvalue weighted by Gasteiger charge is -2.13. The van der Waals surface area contributed by atoms with E-state index in [4.69, 9.17) is 22.1 Å². The topological polar surface area (TPSA) is 47.3 Å². The monoisotopic (exact) mass is 304 g/mol. The minimum absolute atomic E-state index is 0.669. The molecule has 0 saturated heterocycles. The van der Waals surface area contributed by atoms with Crippen LogP contribution in [0.25, 0.3) is 0 Å². The highest BCUT2D eigenvalue weighted by Gasteiger charge is 2.05. The molecule has 0 heterocycles. The Bertz CT molecular complexity index is 570. The van der Waals surface area contributed by atoms with Gasteiger partial charge in [0.15, 0.2) is 0 Å². The van der Waals surface area contributed by atoms with Gasteiger partial charge in [-0.15, -0.1) is 0 Å². The molecule has 2 aromatic rings. The molecule has 0 aromatic heterocycles. The number of benzene rings is 2. The van der Waals surface area contributed by atoms with Gasteiger partial charge in [-0.3, -0.25) is 0 Å². The van der Waals surface area contributed by atoms with Crippen LogP contribution in [0.15, 0.2) is 42.5 Å². The lowest BCUT2D eigenvalue weighted by atomic mass is 10.1. The van der Waals surface area contributed by atoms with Crippen molar-refractivity contribution in [1.29, 1.82) is 0 Å². The summed E-state index contributed by atoms with van der Waals surface area (Å²) in [6.07, 6.45) is 1.88. The fraction of sp³-hybridized carbons (Fsp3) is 0.294. The Morgan fingerprint density at radius 3 is 2.62 bits per heavy atom. The molecule has 0 atom stereocenters. The highest BCUT2D eigenvalue weighted by atomic mass is 35.5. The second-order valence-corrected chi connectivity index (χ2v) is 5.31. The van der Waals surface area contributed by atoms with Gasteiger partial charge in [-0.2, -0.15) is 0 Å². The van der Waals surface area contributed by atoms with E-state index in [0.717, 1.165) is 35.8 Å². The number of para-hydroxylation sites is 1. The van der Waals surface area contributed by atoms with Gasteiger partial charge in [-0.1, -0.05) is 36.7 Å². The van der Waals surface area contributed by atoms with Crippen molar-refractivity contribution in [3.63, 3.8) is 0 Å². The number of anilines is 2. The van der Waals surface area contributed by atoms with Crippen molar-refractivity contribution in [3.05, 3.63) is 53.1 Å². The summed E-state index contributed by atoms with van der Waals surface area (Å²) in [5.41, 5.74) is 8.94. The van der Waals surface area contributed by atoms with Gasteiger partial charge in [0.05, 0.1) is 18.0 Å². The summed E-state index contributed by atoms with van der Waals surface area (Å²) in [6, 6.07) is 13.7. The number of nitrogens with one attached hydrogen (secondary N) is 1. The fourth-order valence-electron chi connectivity index (χ4n) is 2.03. The minimum Gasteiger partial charge on any atom is -0.491 e. The van der Waals surface area contributed by atoms with Crippen molar-refractivity contribution in [2.24, 2.45) is 0 Å². The minimum atomic E-state index is 0.669. The van der Waals surface area contributed by atoms with Crippen LogP contribution in [0, 0.1) is 0 Å². The summed E-state index contributed by atoms with van der Waals surface area (Å²) in [5.74, 6) is 0.744. The first-order valence-electron chi connectivity index (χ1n) is 7.20. The number of halogens is 1. The van der Waals surface area contributed by atoms with Gasteiger partial charge in [-0.05, 0) is 42.7 Å². The molecule has 0 spiro atoms. The molecular formula is C17H21ClN2O. The normalized spacial score (nSPS) is 10.4. The summed E-state index contributed by atoms with van der Waals surface area (Å²) < 4.78 is 5.62. The summed E-state index contributed by atoms with van der Waals surface area (Å²) in [6.45, 7) is 3.56. The van der Waals surface area contributed by atoms with E-state index in [1.807, 2.05) is 42.5 Å². The van der Waals surface area contributed by atoms with Gasteiger partial charge in [0.25, 0.3) is 0 Å². The zero-order valence-electron chi connectivity index (χ0n) is 12.2. The Morgan fingerprint density at radius 1 is 1.14 bits per heavy atom. The molecule has 0 bridgehead atoms. The van der Waals surface area contributed by atoms with Gasteiger partial charge in [0, 0.05) is 11.6 Å². The first-order chi connectivity index (χ1) is 10.2. The standard InChI is InChI=1S/C17H21ClN2O/c1-2-12-21-16-5-3-4-15(17(16)19)20-11-10-13-6-8-14(18)9-7-13/h3-9,20H,2,10-12,19H2,1H3. The van der Waals surface area contributed by atoms with E-state index in [1.54, 1.807) is 0 Å². The lowest BCUT2D eigenvalue weighted by molar-refractivity contribution is 0.319. The van der Waals surface area contributed by atoms with E-state index in [2.05, 4.69) is 12.2 Å². The molecule has 0 amide bonds. The van der Waals surface area contributed by atoms with Crippen LogP contribution in [0.5, 0.6) is 5.75 Å². The van der Waals surface area contributed by atoms with Crippen molar-refractivity contribution >= 4 is 23.0 Å². The molecule has 3 nitrogen and oxygen atoms in total. The van der Waals surface area contributed by atoms with Crippen LogP contribution in [0.4, 0.5) is 11.4 Å². The van der Waals surface area contributed by atoms with E-state index >= 15 is 0 Å². The Kier molecular flexibility index (Phi) is 5.76. The van der Waals surface area contributed by atoms with E-state index in [-0.39, 0.29) is 0 Å². The maximum Gasteiger partial charge on any atom is 0.144 e. The fourth-order valence-corrected chi connectivity index (χ4v) is 2.15. The Balaban J connectivity index is 1.92. The van der Waals surface area contributed by atoms with E-state index in [0.29, 0.717) is 12.3 Å². The quantitative estimate of drug-likeness (QED) is 0.747. The van der Waals surface area contributed by atoms with Crippen LogP contribution in [0.3, 0.4) is 0 Å². The Morgan fingerprint density at radius 2 is 1.90 bits per heavy atom. The molecule has 0 saturated carbocycles. The van der Waals surface area contributed by atoms with Crippen molar-refractivity contribution in [1.82, 2.24) is 0 Å². The van der Waals surface area contributed by atoms with Gasteiger partial charge in [-0.25, -0.2) is 0 Å². The summed E-state index contributed by atoms with van der Waals surface area (Å²) in [7, 11) is 0. The number of ether oxygens (including phenoxy) is 1. The third-order valence-electron chi connectivity index (χ3n) is 3.17. The zero-order chi connectivity index (χ0) is 15.1. The predicted octanol–water partition coefficient (Wildman–Crippen LogP) is 4.37. The van der Waals surface area contributed by atoms with E-state index < -0.39 is 0 Å². The van der Waals surface area contributed by atoms with Crippen LogP contribution in [-0.4, -0.2) is 13.2 Å². The largest absolute Gasteiger partial charge is 0.491 e. The highest BCUT2D eigenvalue weighted by Crippen LogP contribution is 2.29. The molecule has 0 radical (unpaired) electrons.